The van der Waals surface area contributed by atoms with E-state index in [4.69, 9.17) is 0 Å². The van der Waals surface area contributed by atoms with Crippen molar-refractivity contribution in [1.29, 1.82) is 0 Å². The SMILES string of the molecule is c1ccc(C2CCc3ccccc3-c3ccc4ccc(N(c5ccccc5)c5ccc(-c6cccc7sc8ccccc8c67)cc5)cc4c32)cc1. The molecule has 8 aromatic carbocycles. The first-order chi connectivity index (χ1) is 25.3. The fourth-order valence-electron chi connectivity index (χ4n) is 8.37. The van der Waals surface area contributed by atoms with Crippen LogP contribution in [0, 0.1) is 0 Å². The Kier molecular flexibility index (Phi) is 7.29. The summed E-state index contributed by atoms with van der Waals surface area (Å²) in [5.74, 6) is 0.299. The molecule has 0 spiro atoms. The number of rotatable bonds is 5. The monoisotopic (exact) mass is 669 g/mol. The van der Waals surface area contributed by atoms with Crippen molar-refractivity contribution in [2.24, 2.45) is 0 Å². The quantitative estimate of drug-likeness (QED) is 0.176. The van der Waals surface area contributed by atoms with Gasteiger partial charge in [-0.15, -0.1) is 11.3 Å². The van der Waals surface area contributed by atoms with E-state index >= 15 is 0 Å². The van der Waals surface area contributed by atoms with Gasteiger partial charge in [-0.1, -0.05) is 133 Å². The van der Waals surface area contributed by atoms with Crippen LogP contribution in [0.3, 0.4) is 0 Å². The molecule has 10 rings (SSSR count). The molecule has 1 unspecified atom stereocenters. The summed E-state index contributed by atoms with van der Waals surface area (Å²) < 4.78 is 2.66. The van der Waals surface area contributed by atoms with Gasteiger partial charge in [0.25, 0.3) is 0 Å². The second kappa shape index (κ2) is 12.4. The van der Waals surface area contributed by atoms with Crippen LogP contribution in [0.15, 0.2) is 182 Å². The highest BCUT2D eigenvalue weighted by Crippen LogP contribution is 2.47. The molecule has 0 saturated carbocycles. The summed E-state index contributed by atoms with van der Waals surface area (Å²) in [5, 5.41) is 5.27. The van der Waals surface area contributed by atoms with Gasteiger partial charge in [-0.3, -0.25) is 0 Å². The average Bonchev–Trinajstić information content (AvgIpc) is 3.49. The summed E-state index contributed by atoms with van der Waals surface area (Å²) in [5.41, 5.74) is 12.9. The van der Waals surface area contributed by atoms with Crippen molar-refractivity contribution in [3.63, 3.8) is 0 Å². The van der Waals surface area contributed by atoms with Crippen molar-refractivity contribution in [3.8, 4) is 22.3 Å². The van der Waals surface area contributed by atoms with Crippen molar-refractivity contribution >= 4 is 59.3 Å². The highest BCUT2D eigenvalue weighted by atomic mass is 32.1. The topological polar surface area (TPSA) is 3.24 Å². The van der Waals surface area contributed by atoms with Crippen LogP contribution in [-0.4, -0.2) is 0 Å². The molecule has 242 valence electrons. The van der Waals surface area contributed by atoms with Crippen molar-refractivity contribution in [3.05, 3.63) is 199 Å². The Labute approximate surface area is 302 Å². The van der Waals surface area contributed by atoms with E-state index in [-0.39, 0.29) is 0 Å². The van der Waals surface area contributed by atoms with E-state index in [0.717, 1.165) is 29.9 Å². The van der Waals surface area contributed by atoms with E-state index in [9.17, 15) is 0 Å². The molecule has 0 bridgehead atoms. The van der Waals surface area contributed by atoms with E-state index in [1.54, 1.807) is 0 Å². The molecule has 9 aromatic rings. The zero-order chi connectivity index (χ0) is 33.7. The lowest BCUT2D eigenvalue weighted by molar-refractivity contribution is 0.730. The predicted octanol–water partition coefficient (Wildman–Crippen LogP) is 14.1. The number of aryl methyl sites for hydroxylation is 1. The van der Waals surface area contributed by atoms with Gasteiger partial charge in [-0.25, -0.2) is 0 Å². The Morgan fingerprint density at radius 1 is 0.471 bits per heavy atom. The summed E-state index contributed by atoms with van der Waals surface area (Å²) in [6.07, 6.45) is 2.14. The van der Waals surface area contributed by atoms with E-state index in [1.807, 2.05) is 11.3 Å². The lowest BCUT2D eigenvalue weighted by Gasteiger charge is -2.27. The van der Waals surface area contributed by atoms with Gasteiger partial charge in [-0.05, 0) is 111 Å². The molecule has 0 radical (unpaired) electrons. The summed E-state index contributed by atoms with van der Waals surface area (Å²) in [6, 6.07) is 67.3. The highest BCUT2D eigenvalue weighted by Gasteiger charge is 2.26. The van der Waals surface area contributed by atoms with Gasteiger partial charge in [0.1, 0.15) is 0 Å². The lowest BCUT2D eigenvalue weighted by Crippen LogP contribution is -2.10. The van der Waals surface area contributed by atoms with Crippen LogP contribution in [0.5, 0.6) is 0 Å². The second-order valence-corrected chi connectivity index (χ2v) is 14.7. The molecule has 0 N–H and O–H groups in total. The predicted molar refractivity (Wildman–Crippen MR) is 219 cm³/mol. The largest absolute Gasteiger partial charge is 0.310 e. The number of benzene rings is 8. The Hall–Kier alpha value is -5.96. The molecule has 0 aliphatic heterocycles. The number of hydrogen-bond donors (Lipinski definition) is 0. The first-order valence-electron chi connectivity index (χ1n) is 17.9. The van der Waals surface area contributed by atoms with Gasteiger partial charge < -0.3 is 4.90 Å². The molecule has 1 aromatic heterocycles. The van der Waals surface area contributed by atoms with Crippen LogP contribution < -0.4 is 4.90 Å². The van der Waals surface area contributed by atoms with Gasteiger partial charge in [0, 0.05) is 43.2 Å². The minimum absolute atomic E-state index is 0.299. The Morgan fingerprint density at radius 3 is 2.00 bits per heavy atom. The standard InChI is InChI=1S/C49H35NS/c1-3-12-33(13-4-1)42-30-25-34-14-7-8-17-40(34)43-31-26-36-24-29-39(32-45(36)48(42)43)50(37-15-5-2-6-16-37)38-27-22-35(23-28-38)41-19-11-21-47-49(41)44-18-9-10-20-46(44)51-47/h1-24,26-29,31-32,42H,25,30H2. The Bertz CT molecular complexity index is 2690. The normalized spacial score (nSPS) is 13.9. The van der Waals surface area contributed by atoms with Crippen LogP contribution in [0.25, 0.3) is 53.2 Å². The summed E-state index contributed by atoms with van der Waals surface area (Å²) in [6.45, 7) is 0. The van der Waals surface area contributed by atoms with Crippen molar-refractivity contribution in [2.75, 3.05) is 4.90 Å². The average molecular weight is 670 g/mol. The highest BCUT2D eigenvalue weighted by molar-refractivity contribution is 7.25. The Morgan fingerprint density at radius 2 is 1.14 bits per heavy atom. The fraction of sp³-hybridized carbons (Fsp3) is 0.0612. The first kappa shape index (κ1) is 29.9. The van der Waals surface area contributed by atoms with E-state index in [2.05, 4.69) is 187 Å². The van der Waals surface area contributed by atoms with Gasteiger partial charge in [0.2, 0.25) is 0 Å². The Balaban J connectivity index is 1.14. The molecule has 1 nitrogen and oxygen atoms in total. The molecule has 0 fully saturated rings. The molecule has 1 aliphatic rings. The van der Waals surface area contributed by atoms with Gasteiger partial charge in [-0.2, -0.15) is 0 Å². The van der Waals surface area contributed by atoms with Crippen molar-refractivity contribution in [2.45, 2.75) is 18.8 Å². The van der Waals surface area contributed by atoms with E-state index in [1.165, 1.54) is 69.9 Å². The number of anilines is 3. The maximum absolute atomic E-state index is 2.44. The lowest BCUT2D eigenvalue weighted by atomic mass is 9.82. The zero-order valence-corrected chi connectivity index (χ0v) is 29.0. The number of nitrogens with zero attached hydrogens (tertiary/aromatic N) is 1. The molecule has 2 heteroatoms. The second-order valence-electron chi connectivity index (χ2n) is 13.6. The van der Waals surface area contributed by atoms with Crippen LogP contribution >= 0.6 is 11.3 Å². The number of para-hydroxylation sites is 1. The summed E-state index contributed by atoms with van der Waals surface area (Å²) >= 11 is 1.87. The van der Waals surface area contributed by atoms with Crippen molar-refractivity contribution in [1.82, 2.24) is 0 Å². The molecule has 1 heterocycles. The van der Waals surface area contributed by atoms with Crippen molar-refractivity contribution < 1.29 is 0 Å². The maximum Gasteiger partial charge on any atom is 0.0468 e. The third-order valence-electron chi connectivity index (χ3n) is 10.7. The summed E-state index contributed by atoms with van der Waals surface area (Å²) in [7, 11) is 0. The van der Waals surface area contributed by atoms with E-state index < -0.39 is 0 Å². The summed E-state index contributed by atoms with van der Waals surface area (Å²) in [4.78, 5) is 2.41. The fourth-order valence-corrected chi connectivity index (χ4v) is 9.51. The molecular weight excluding hydrogens is 635 g/mol. The third kappa shape index (κ3) is 5.14. The van der Waals surface area contributed by atoms with Gasteiger partial charge in [0.05, 0.1) is 0 Å². The maximum atomic E-state index is 2.44. The minimum Gasteiger partial charge on any atom is -0.310 e. The molecule has 0 amide bonds. The van der Waals surface area contributed by atoms with Crippen LogP contribution in [0.1, 0.15) is 29.0 Å². The van der Waals surface area contributed by atoms with Crippen LogP contribution in [-0.2, 0) is 6.42 Å². The molecule has 1 aliphatic carbocycles. The number of hydrogen-bond acceptors (Lipinski definition) is 2. The number of thiophene rings is 1. The molecule has 1 atom stereocenters. The molecular formula is C49H35NS. The van der Waals surface area contributed by atoms with E-state index in [0.29, 0.717) is 5.92 Å². The van der Waals surface area contributed by atoms with Crippen LogP contribution in [0.2, 0.25) is 0 Å². The molecule has 51 heavy (non-hydrogen) atoms. The molecule has 0 saturated heterocycles. The third-order valence-corrected chi connectivity index (χ3v) is 11.9. The minimum atomic E-state index is 0.299. The first-order valence-corrected chi connectivity index (χ1v) is 18.7. The number of fused-ring (bicyclic) bond motifs is 8. The van der Waals surface area contributed by atoms with Crippen LogP contribution in [0.4, 0.5) is 17.1 Å². The zero-order valence-electron chi connectivity index (χ0n) is 28.2. The van der Waals surface area contributed by atoms with Gasteiger partial charge >= 0.3 is 0 Å². The van der Waals surface area contributed by atoms with Gasteiger partial charge in [0.15, 0.2) is 0 Å². The smallest absolute Gasteiger partial charge is 0.0468 e.